The highest BCUT2D eigenvalue weighted by Gasteiger charge is 2.27. The molecule has 0 fully saturated rings. The predicted octanol–water partition coefficient (Wildman–Crippen LogP) is 8.89. The van der Waals surface area contributed by atoms with Gasteiger partial charge in [-0.3, -0.25) is 0 Å². The van der Waals surface area contributed by atoms with Gasteiger partial charge in [0.1, 0.15) is 11.8 Å². The number of nitrogens with one attached hydrogen (secondary N) is 2. The molecule has 2 N–H and O–H groups in total. The van der Waals surface area contributed by atoms with Crippen LogP contribution in [0, 0.1) is 32.1 Å². The van der Waals surface area contributed by atoms with E-state index in [2.05, 4.69) is 31.9 Å². The molecule has 1 heterocycles. The Balaban J connectivity index is 1.84. The summed E-state index contributed by atoms with van der Waals surface area (Å²) in [6.07, 6.45) is 0. The number of aryl methyl sites for hydroxylation is 2. The molecular weight excluding hydrogens is 470 g/mol. The summed E-state index contributed by atoms with van der Waals surface area (Å²) >= 11 is 0. The molecule has 0 saturated heterocycles. The molecule has 0 aliphatic rings. The summed E-state index contributed by atoms with van der Waals surface area (Å²) in [7, 11) is 0. The van der Waals surface area contributed by atoms with Gasteiger partial charge in [-0.1, -0.05) is 53.6 Å². The Morgan fingerprint density at radius 1 is 0.784 bits per heavy atom. The fourth-order valence-electron chi connectivity index (χ4n) is 3.71. The Hall–Kier alpha value is -4.64. The van der Waals surface area contributed by atoms with Crippen molar-refractivity contribution in [1.29, 1.82) is 5.26 Å². The van der Waals surface area contributed by atoms with Gasteiger partial charge in [-0.05, 0) is 51.1 Å². The molecule has 0 aliphatic carbocycles. The second-order valence-corrected chi connectivity index (χ2v) is 8.86. The van der Waals surface area contributed by atoms with Crippen LogP contribution in [0.25, 0.3) is 0 Å². The van der Waals surface area contributed by atoms with Gasteiger partial charge in [0.05, 0.1) is 11.3 Å². The van der Waals surface area contributed by atoms with Gasteiger partial charge in [-0.25, -0.2) is 13.8 Å². The van der Waals surface area contributed by atoms with E-state index in [0.29, 0.717) is 17.2 Å². The van der Waals surface area contributed by atoms with E-state index in [9.17, 15) is 14.0 Å². The third-order valence-corrected chi connectivity index (χ3v) is 5.79. The molecule has 0 spiro atoms. The summed E-state index contributed by atoms with van der Waals surface area (Å²) in [6, 6.07) is 23.5. The lowest BCUT2D eigenvalue weighted by Crippen LogP contribution is -2.06. The maximum atomic E-state index is 14.1. The van der Waals surface area contributed by atoms with Crippen LogP contribution in [0.3, 0.4) is 0 Å². The lowest BCUT2D eigenvalue weighted by Gasteiger charge is -2.16. The molecule has 4 rings (SSSR count). The van der Waals surface area contributed by atoms with E-state index in [1.54, 1.807) is 13.0 Å². The number of anilines is 4. The second-order valence-electron chi connectivity index (χ2n) is 8.86. The quantitative estimate of drug-likeness (QED) is 0.250. The first-order chi connectivity index (χ1) is 17.7. The molecule has 37 heavy (non-hydrogen) atoms. The van der Waals surface area contributed by atoms with Gasteiger partial charge in [0.2, 0.25) is 0 Å². The molecule has 0 unspecified atom stereocenters. The number of benzene rings is 3. The molecule has 1 aromatic heterocycles. The topological polar surface area (TPSA) is 85.5 Å². The molecule has 3 aromatic carbocycles. The number of azo groups is 1. The van der Waals surface area contributed by atoms with Crippen LogP contribution in [0.2, 0.25) is 0 Å². The molecule has 186 valence electrons. The van der Waals surface area contributed by atoms with E-state index in [1.165, 1.54) is 18.2 Å². The van der Waals surface area contributed by atoms with Gasteiger partial charge >= 0.3 is 0 Å². The number of hydrogen-bond donors (Lipinski definition) is 2. The van der Waals surface area contributed by atoms with E-state index in [-0.39, 0.29) is 22.5 Å². The van der Waals surface area contributed by atoms with Gasteiger partial charge in [0.15, 0.2) is 11.6 Å². The first kappa shape index (κ1) is 25.5. The Morgan fingerprint density at radius 2 is 1.32 bits per heavy atom. The molecule has 0 atom stereocenters. The van der Waals surface area contributed by atoms with Crippen LogP contribution in [-0.2, 0) is 5.92 Å². The summed E-state index contributed by atoms with van der Waals surface area (Å²) in [5.41, 5.74) is 4.57. The third kappa shape index (κ3) is 5.96. The maximum absolute atomic E-state index is 14.1. The van der Waals surface area contributed by atoms with Gasteiger partial charge in [-0.2, -0.15) is 5.26 Å². The Bertz CT molecular complexity index is 1480. The average Bonchev–Trinajstić information content (AvgIpc) is 2.86. The lowest BCUT2D eigenvalue weighted by molar-refractivity contribution is 0.0181. The maximum Gasteiger partial charge on any atom is 0.272 e. The van der Waals surface area contributed by atoms with Gasteiger partial charge < -0.3 is 10.6 Å². The molecule has 0 saturated carbocycles. The molecule has 6 nitrogen and oxygen atoms in total. The van der Waals surface area contributed by atoms with Crippen molar-refractivity contribution < 1.29 is 8.78 Å². The van der Waals surface area contributed by atoms with Gasteiger partial charge in [0, 0.05) is 29.4 Å². The van der Waals surface area contributed by atoms with Crippen molar-refractivity contribution in [3.05, 3.63) is 101 Å². The first-order valence-corrected chi connectivity index (χ1v) is 11.7. The summed E-state index contributed by atoms with van der Waals surface area (Å²) < 4.78 is 28.3. The Kier molecular flexibility index (Phi) is 7.25. The summed E-state index contributed by atoms with van der Waals surface area (Å²) in [6.45, 7) is 6.52. The molecule has 0 amide bonds. The zero-order valence-corrected chi connectivity index (χ0v) is 21.0. The molecule has 8 heteroatoms. The normalized spacial score (nSPS) is 11.4. The standard InChI is InChI=1S/C29H26F2N6/c1-18-9-13-21(14-10-18)33-27-23(17-32)20(3)26(28(35-27)34-22-15-11-19(2)12-16-22)37-36-25-8-6-5-7-24(25)29(4,30)31/h5-16H,1-4H3,(H2,33,34,35). The first-order valence-electron chi connectivity index (χ1n) is 11.7. The fraction of sp³-hybridized carbons (Fsp3) is 0.172. The van der Waals surface area contributed by atoms with Crippen molar-refractivity contribution >= 4 is 34.4 Å². The molecular formula is C29H26F2N6. The minimum atomic E-state index is -3.09. The largest absolute Gasteiger partial charge is 0.339 e. The Morgan fingerprint density at radius 3 is 1.86 bits per heavy atom. The Labute approximate surface area is 214 Å². The molecule has 4 aromatic rings. The summed E-state index contributed by atoms with van der Waals surface area (Å²) in [5.74, 6) is -2.41. The summed E-state index contributed by atoms with van der Waals surface area (Å²) in [4.78, 5) is 4.68. The molecule has 0 radical (unpaired) electrons. The van der Waals surface area contributed by atoms with Crippen molar-refractivity contribution in [2.24, 2.45) is 10.2 Å². The number of nitriles is 1. The van der Waals surface area contributed by atoms with Crippen LogP contribution < -0.4 is 10.6 Å². The number of hydrogen-bond acceptors (Lipinski definition) is 6. The number of alkyl halides is 2. The highest BCUT2D eigenvalue weighted by atomic mass is 19.3. The second kappa shape index (κ2) is 10.5. The minimum absolute atomic E-state index is 0.0380. The van der Waals surface area contributed by atoms with Crippen molar-refractivity contribution in [3.63, 3.8) is 0 Å². The van der Waals surface area contributed by atoms with Crippen molar-refractivity contribution in [2.75, 3.05) is 10.6 Å². The summed E-state index contributed by atoms with van der Waals surface area (Å²) in [5, 5.41) is 24.9. The highest BCUT2D eigenvalue weighted by molar-refractivity contribution is 5.79. The van der Waals surface area contributed by atoms with Crippen molar-refractivity contribution in [2.45, 2.75) is 33.6 Å². The smallest absolute Gasteiger partial charge is 0.272 e. The van der Waals surface area contributed by atoms with Crippen molar-refractivity contribution in [1.82, 2.24) is 4.98 Å². The van der Waals surface area contributed by atoms with Crippen LogP contribution >= 0.6 is 0 Å². The number of halogens is 2. The van der Waals surface area contributed by atoms with Crippen LogP contribution in [-0.4, -0.2) is 4.98 Å². The van der Waals surface area contributed by atoms with Gasteiger partial charge in [-0.15, -0.1) is 10.2 Å². The zero-order valence-electron chi connectivity index (χ0n) is 21.0. The number of nitrogens with zero attached hydrogens (tertiary/aromatic N) is 4. The number of rotatable bonds is 7. The fourth-order valence-corrected chi connectivity index (χ4v) is 3.71. The van der Waals surface area contributed by atoms with Crippen LogP contribution in [0.1, 0.15) is 34.7 Å². The van der Waals surface area contributed by atoms with E-state index < -0.39 is 5.92 Å². The van der Waals surface area contributed by atoms with E-state index in [1.807, 2.05) is 62.4 Å². The molecule has 0 bridgehead atoms. The number of aromatic nitrogens is 1. The molecule has 0 aliphatic heterocycles. The SMILES string of the molecule is Cc1ccc(Nc2nc(Nc3ccc(C)cc3)c(N=Nc3ccccc3C(C)(F)F)c(C)c2C#N)cc1. The zero-order chi connectivity index (χ0) is 26.6. The minimum Gasteiger partial charge on any atom is -0.339 e. The highest BCUT2D eigenvalue weighted by Crippen LogP contribution is 2.39. The van der Waals surface area contributed by atoms with Crippen LogP contribution in [0.15, 0.2) is 83.0 Å². The average molecular weight is 497 g/mol. The van der Waals surface area contributed by atoms with Crippen molar-refractivity contribution in [3.8, 4) is 6.07 Å². The van der Waals surface area contributed by atoms with E-state index in [4.69, 9.17) is 0 Å². The number of pyridine rings is 1. The van der Waals surface area contributed by atoms with Gasteiger partial charge in [0.25, 0.3) is 5.92 Å². The predicted molar refractivity (Wildman–Crippen MR) is 143 cm³/mol. The third-order valence-electron chi connectivity index (χ3n) is 5.79. The van der Waals surface area contributed by atoms with Crippen LogP contribution in [0.4, 0.5) is 43.2 Å². The van der Waals surface area contributed by atoms with E-state index in [0.717, 1.165) is 29.4 Å². The monoisotopic (exact) mass is 496 g/mol. The van der Waals surface area contributed by atoms with Crippen LogP contribution in [0.5, 0.6) is 0 Å². The van der Waals surface area contributed by atoms with E-state index >= 15 is 0 Å². The lowest BCUT2D eigenvalue weighted by atomic mass is 10.1.